The molecule has 0 aliphatic carbocycles. The first kappa shape index (κ1) is 18.8. The molecule has 0 saturated carbocycles. The zero-order valence-electron chi connectivity index (χ0n) is 13.1. The van der Waals surface area contributed by atoms with Crippen molar-refractivity contribution in [3.63, 3.8) is 0 Å². The summed E-state index contributed by atoms with van der Waals surface area (Å²) >= 11 is 7.30. The predicted octanol–water partition coefficient (Wildman–Crippen LogP) is 3.87. The van der Waals surface area contributed by atoms with Gasteiger partial charge in [-0.3, -0.25) is 4.79 Å². The van der Waals surface area contributed by atoms with Crippen molar-refractivity contribution in [2.75, 3.05) is 18.6 Å². The third-order valence-electron chi connectivity index (χ3n) is 3.23. The summed E-state index contributed by atoms with van der Waals surface area (Å²) in [7, 11) is -2.11. The zero-order valence-corrected chi connectivity index (χ0v) is 15.5. The molecule has 2 aromatic rings. The Kier molecular flexibility index (Phi) is 6.71. The van der Waals surface area contributed by atoms with Crippen LogP contribution in [-0.4, -0.2) is 32.8 Å². The molecule has 0 amide bonds. The number of methoxy groups -OCH3 is 1. The second-order valence-corrected chi connectivity index (χ2v) is 8.62. The van der Waals surface area contributed by atoms with Gasteiger partial charge in [-0.25, -0.2) is 8.42 Å². The lowest BCUT2D eigenvalue weighted by Gasteiger charge is -2.06. The van der Waals surface area contributed by atoms with Crippen LogP contribution in [0, 0.1) is 0 Å². The molecule has 24 heavy (non-hydrogen) atoms. The normalized spacial score (nSPS) is 11.2. The van der Waals surface area contributed by atoms with Gasteiger partial charge in [0.05, 0.1) is 12.0 Å². The number of Topliss-reactive ketones (excluding diaryl/α,β-unsaturated/α-hetero) is 1. The molecule has 0 fully saturated rings. The minimum atomic E-state index is -3.62. The first-order chi connectivity index (χ1) is 11.4. The highest BCUT2D eigenvalue weighted by Crippen LogP contribution is 2.22. The van der Waals surface area contributed by atoms with Gasteiger partial charge >= 0.3 is 0 Å². The van der Waals surface area contributed by atoms with E-state index in [1.165, 1.54) is 31.0 Å². The number of thioether (sulfide) groups is 1. The SMILES string of the molecule is COc1ccc(S(=O)(=O)CC(=O)CCSc2ccc(Cl)cc2)cc1. The van der Waals surface area contributed by atoms with Crippen LogP contribution in [0.25, 0.3) is 0 Å². The summed E-state index contributed by atoms with van der Waals surface area (Å²) in [5, 5.41) is 0.654. The second kappa shape index (κ2) is 8.55. The monoisotopic (exact) mass is 384 g/mol. The zero-order chi connectivity index (χ0) is 17.6. The maximum Gasteiger partial charge on any atom is 0.185 e. The third-order valence-corrected chi connectivity index (χ3v) is 6.19. The summed E-state index contributed by atoms with van der Waals surface area (Å²) in [6.45, 7) is 0. The van der Waals surface area contributed by atoms with E-state index in [1.54, 1.807) is 24.3 Å². The molecule has 2 rings (SSSR count). The molecule has 0 spiro atoms. The van der Waals surface area contributed by atoms with Crippen molar-refractivity contribution in [2.45, 2.75) is 16.2 Å². The molecule has 0 aromatic heterocycles. The van der Waals surface area contributed by atoms with E-state index in [0.717, 1.165) is 4.90 Å². The van der Waals surface area contributed by atoms with Crippen molar-refractivity contribution in [2.24, 2.45) is 0 Å². The fourth-order valence-corrected chi connectivity index (χ4v) is 4.27. The van der Waals surface area contributed by atoms with Gasteiger partial charge in [-0.1, -0.05) is 11.6 Å². The van der Waals surface area contributed by atoms with Gasteiger partial charge < -0.3 is 4.74 Å². The highest BCUT2D eigenvalue weighted by atomic mass is 35.5. The van der Waals surface area contributed by atoms with E-state index in [4.69, 9.17) is 16.3 Å². The Bertz CT molecular complexity index is 784. The van der Waals surface area contributed by atoms with Gasteiger partial charge in [-0.2, -0.15) is 0 Å². The quantitative estimate of drug-likeness (QED) is 0.646. The Hall–Kier alpha value is -1.50. The molecule has 4 nitrogen and oxygen atoms in total. The van der Waals surface area contributed by atoms with E-state index >= 15 is 0 Å². The summed E-state index contributed by atoms with van der Waals surface area (Å²) in [6, 6.07) is 13.3. The Morgan fingerprint density at radius 2 is 1.71 bits per heavy atom. The maximum absolute atomic E-state index is 12.2. The number of ketones is 1. The minimum absolute atomic E-state index is 0.127. The molecule has 128 valence electrons. The molecule has 7 heteroatoms. The molecule has 0 saturated heterocycles. The molecule has 0 heterocycles. The van der Waals surface area contributed by atoms with Crippen LogP contribution in [0.3, 0.4) is 0 Å². The van der Waals surface area contributed by atoms with Crippen molar-refractivity contribution in [1.29, 1.82) is 0 Å². The van der Waals surface area contributed by atoms with Gasteiger partial charge in [0.25, 0.3) is 0 Å². The van der Waals surface area contributed by atoms with E-state index in [-0.39, 0.29) is 17.1 Å². The fraction of sp³-hybridized carbons (Fsp3) is 0.235. The number of halogens is 1. The van der Waals surface area contributed by atoms with Crippen LogP contribution in [0.15, 0.2) is 58.3 Å². The number of sulfone groups is 1. The van der Waals surface area contributed by atoms with Crippen LogP contribution in [-0.2, 0) is 14.6 Å². The molecule has 2 aromatic carbocycles. The molecule has 0 bridgehead atoms. The lowest BCUT2D eigenvalue weighted by molar-refractivity contribution is -0.116. The number of hydrogen-bond acceptors (Lipinski definition) is 5. The first-order valence-corrected chi connectivity index (χ1v) is 10.2. The van der Waals surface area contributed by atoms with Crippen LogP contribution in [0.4, 0.5) is 0 Å². The number of benzene rings is 2. The molecule has 0 aliphatic heterocycles. The summed E-state index contributed by atoms with van der Waals surface area (Å²) in [5.74, 6) is 0.311. The molecular formula is C17H17ClO4S2. The maximum atomic E-state index is 12.2. The van der Waals surface area contributed by atoms with Crippen LogP contribution in [0.1, 0.15) is 6.42 Å². The number of carbonyl (C=O) groups is 1. The number of hydrogen-bond donors (Lipinski definition) is 0. The van der Waals surface area contributed by atoms with Gasteiger partial charge in [-0.15, -0.1) is 11.8 Å². The standard InChI is InChI=1S/C17H17ClO4S2/c1-22-15-4-8-17(9-5-15)24(20,21)12-14(19)10-11-23-16-6-2-13(18)3-7-16/h2-9H,10-12H2,1H3. The van der Waals surface area contributed by atoms with Gasteiger partial charge in [0.1, 0.15) is 17.3 Å². The minimum Gasteiger partial charge on any atom is -0.497 e. The Morgan fingerprint density at radius 3 is 2.29 bits per heavy atom. The summed E-state index contributed by atoms with van der Waals surface area (Å²) in [5.41, 5.74) is 0. The number of ether oxygens (including phenoxy) is 1. The number of carbonyl (C=O) groups excluding carboxylic acids is 1. The van der Waals surface area contributed by atoms with Gasteiger partial charge in [0.15, 0.2) is 9.84 Å². The third kappa shape index (κ3) is 5.54. The average molecular weight is 385 g/mol. The Morgan fingerprint density at radius 1 is 1.08 bits per heavy atom. The Balaban J connectivity index is 1.87. The molecule has 0 N–H and O–H groups in total. The van der Waals surface area contributed by atoms with Crippen LogP contribution >= 0.6 is 23.4 Å². The van der Waals surface area contributed by atoms with Crippen molar-refractivity contribution in [1.82, 2.24) is 0 Å². The average Bonchev–Trinajstić information content (AvgIpc) is 2.56. The lowest BCUT2D eigenvalue weighted by Crippen LogP contribution is -2.16. The Labute approximate surface area is 151 Å². The highest BCUT2D eigenvalue weighted by molar-refractivity contribution is 7.99. The van der Waals surface area contributed by atoms with E-state index in [0.29, 0.717) is 16.5 Å². The fourth-order valence-electron chi connectivity index (χ4n) is 1.96. The van der Waals surface area contributed by atoms with E-state index in [9.17, 15) is 13.2 Å². The van der Waals surface area contributed by atoms with E-state index in [1.807, 2.05) is 12.1 Å². The van der Waals surface area contributed by atoms with Gasteiger partial charge in [-0.05, 0) is 48.5 Å². The lowest BCUT2D eigenvalue weighted by atomic mass is 10.3. The van der Waals surface area contributed by atoms with Crippen molar-refractivity contribution in [3.05, 3.63) is 53.6 Å². The molecule has 0 unspecified atom stereocenters. The van der Waals surface area contributed by atoms with Gasteiger partial charge in [0.2, 0.25) is 0 Å². The second-order valence-electron chi connectivity index (χ2n) is 5.03. The van der Waals surface area contributed by atoms with Crippen molar-refractivity contribution < 1.29 is 17.9 Å². The smallest absolute Gasteiger partial charge is 0.185 e. The predicted molar refractivity (Wildman–Crippen MR) is 96.8 cm³/mol. The van der Waals surface area contributed by atoms with Crippen molar-refractivity contribution >= 4 is 39.0 Å². The largest absolute Gasteiger partial charge is 0.497 e. The van der Waals surface area contributed by atoms with E-state index in [2.05, 4.69) is 0 Å². The van der Waals surface area contributed by atoms with E-state index < -0.39 is 15.6 Å². The number of rotatable bonds is 8. The molecule has 0 radical (unpaired) electrons. The van der Waals surface area contributed by atoms with Crippen molar-refractivity contribution in [3.8, 4) is 5.75 Å². The first-order valence-electron chi connectivity index (χ1n) is 7.17. The molecule has 0 atom stereocenters. The highest BCUT2D eigenvalue weighted by Gasteiger charge is 2.19. The van der Waals surface area contributed by atoms with Crippen LogP contribution in [0.2, 0.25) is 5.02 Å². The van der Waals surface area contributed by atoms with Gasteiger partial charge in [0, 0.05) is 22.1 Å². The molecular weight excluding hydrogens is 368 g/mol. The summed E-state index contributed by atoms with van der Waals surface area (Å²) in [6.07, 6.45) is 0.197. The summed E-state index contributed by atoms with van der Waals surface area (Å²) in [4.78, 5) is 13.1. The van der Waals surface area contributed by atoms with Crippen LogP contribution < -0.4 is 4.74 Å². The topological polar surface area (TPSA) is 60.4 Å². The molecule has 0 aliphatic rings. The summed E-state index contributed by atoms with van der Waals surface area (Å²) < 4.78 is 29.5. The van der Waals surface area contributed by atoms with Crippen LogP contribution in [0.5, 0.6) is 5.75 Å².